The van der Waals surface area contributed by atoms with Gasteiger partial charge in [0.15, 0.2) is 0 Å². The molecule has 0 saturated heterocycles. The molecule has 1 aliphatic rings. The van der Waals surface area contributed by atoms with Gasteiger partial charge in [-0.05, 0) is 105 Å². The van der Waals surface area contributed by atoms with E-state index in [-0.39, 0.29) is 0 Å². The van der Waals surface area contributed by atoms with Crippen LogP contribution in [-0.4, -0.2) is 4.70 Å². The van der Waals surface area contributed by atoms with Gasteiger partial charge >= 0.3 is 26.2 Å². The number of rotatable bonds is 15. The zero-order chi connectivity index (χ0) is 29.5. The third kappa shape index (κ3) is 9.54. The fraction of sp³-hybridized carbons (Fsp3) is 0.568. The SMILES string of the molecule is CCCCCc1cc(CC)cc(C2=C(C)C(CCCC)=C(c3cc(CC)cc(CCCCC)c3)[N+]2=[N-])c1.[CH3][Ni][CH3]. The molecule has 224 valence electrons. The molecule has 0 N–H and O–H groups in total. The third-order valence-corrected chi connectivity index (χ3v) is 7.90. The van der Waals surface area contributed by atoms with Crippen LogP contribution in [0.15, 0.2) is 47.5 Å². The van der Waals surface area contributed by atoms with Gasteiger partial charge in [-0.3, -0.25) is 0 Å². The number of aryl methyl sites for hydroxylation is 4. The predicted octanol–water partition coefficient (Wildman–Crippen LogP) is 11.8. The van der Waals surface area contributed by atoms with Crippen molar-refractivity contribution >= 4 is 11.4 Å². The summed E-state index contributed by atoms with van der Waals surface area (Å²) in [4.78, 5) is 0. The van der Waals surface area contributed by atoms with E-state index in [2.05, 4.69) is 89.7 Å². The molecule has 1 aliphatic heterocycles. The Morgan fingerprint density at radius 2 is 1.00 bits per heavy atom. The first-order chi connectivity index (χ1) is 19.4. The van der Waals surface area contributed by atoms with Gasteiger partial charge in [0, 0.05) is 22.3 Å². The summed E-state index contributed by atoms with van der Waals surface area (Å²) in [5.41, 5.74) is 24.2. The summed E-state index contributed by atoms with van der Waals surface area (Å²) >= 11 is 1.62. The van der Waals surface area contributed by atoms with Crippen LogP contribution in [0, 0.1) is 0 Å². The Morgan fingerprint density at radius 1 is 0.575 bits per heavy atom. The molecule has 2 aromatic carbocycles. The van der Waals surface area contributed by atoms with Crippen molar-refractivity contribution in [1.29, 1.82) is 0 Å². The van der Waals surface area contributed by atoms with Crippen LogP contribution in [0.2, 0.25) is 11.8 Å². The summed E-state index contributed by atoms with van der Waals surface area (Å²) in [5.74, 6) is 4.12. The van der Waals surface area contributed by atoms with Crippen LogP contribution < -0.4 is 0 Å². The number of hydrogen-bond acceptors (Lipinski definition) is 0. The summed E-state index contributed by atoms with van der Waals surface area (Å²) in [7, 11) is 0. The maximum absolute atomic E-state index is 11.9. The van der Waals surface area contributed by atoms with Crippen molar-refractivity contribution in [3.05, 3.63) is 86.5 Å². The van der Waals surface area contributed by atoms with E-state index in [9.17, 15) is 5.53 Å². The van der Waals surface area contributed by atoms with E-state index >= 15 is 0 Å². The van der Waals surface area contributed by atoms with Gasteiger partial charge in [-0.2, -0.15) is 0 Å². The topological polar surface area (TPSA) is 25.3 Å². The molecule has 3 rings (SSSR count). The van der Waals surface area contributed by atoms with Gasteiger partial charge < -0.3 is 5.53 Å². The van der Waals surface area contributed by atoms with Gasteiger partial charge in [-0.15, -0.1) is 0 Å². The first-order valence-corrected chi connectivity index (χ1v) is 17.8. The van der Waals surface area contributed by atoms with Gasteiger partial charge in [0.1, 0.15) is 0 Å². The van der Waals surface area contributed by atoms with Crippen LogP contribution in [0.25, 0.3) is 16.9 Å². The fourth-order valence-electron chi connectivity index (χ4n) is 5.67. The molecule has 0 aromatic heterocycles. The Bertz CT molecular complexity index is 1150. The molecular weight excluding hydrogens is 531 g/mol. The molecular formula is C37H56N2Ni. The molecule has 3 heteroatoms. The molecule has 0 spiro atoms. The molecule has 2 nitrogen and oxygen atoms in total. The summed E-state index contributed by atoms with van der Waals surface area (Å²) in [5, 5.41) is 0. The van der Waals surface area contributed by atoms with E-state index < -0.39 is 0 Å². The van der Waals surface area contributed by atoms with Gasteiger partial charge in [0.2, 0.25) is 11.4 Å². The van der Waals surface area contributed by atoms with Crippen LogP contribution in [0.3, 0.4) is 0 Å². The minimum atomic E-state index is 0.975. The van der Waals surface area contributed by atoms with Crippen molar-refractivity contribution in [1.82, 2.24) is 0 Å². The Labute approximate surface area is 253 Å². The zero-order valence-electron chi connectivity index (χ0n) is 26.9. The van der Waals surface area contributed by atoms with E-state index in [1.807, 2.05) is 0 Å². The molecule has 0 bridgehead atoms. The third-order valence-electron chi connectivity index (χ3n) is 7.90. The molecule has 0 amide bonds. The number of benzene rings is 2. The predicted molar refractivity (Wildman–Crippen MR) is 172 cm³/mol. The maximum atomic E-state index is 11.9. The fourth-order valence-corrected chi connectivity index (χ4v) is 5.67. The quantitative estimate of drug-likeness (QED) is 0.113. The molecule has 0 atom stereocenters. The minimum absolute atomic E-state index is 0.975. The second-order valence-corrected chi connectivity index (χ2v) is 12.2. The first-order valence-electron chi connectivity index (χ1n) is 15.8. The first kappa shape index (κ1) is 34.2. The van der Waals surface area contributed by atoms with Crippen LogP contribution in [-0.2, 0) is 40.1 Å². The summed E-state index contributed by atoms with van der Waals surface area (Å²) in [6.45, 7) is 13.5. The second-order valence-electron chi connectivity index (χ2n) is 11.2. The Hall–Kier alpha value is -1.99. The van der Waals surface area contributed by atoms with Crippen molar-refractivity contribution in [3.8, 4) is 0 Å². The normalized spacial score (nSPS) is 13.3. The van der Waals surface area contributed by atoms with Gasteiger partial charge in [-0.25, -0.2) is 4.70 Å². The van der Waals surface area contributed by atoms with Crippen molar-refractivity contribution in [2.24, 2.45) is 0 Å². The average molecular weight is 588 g/mol. The Kier molecular flexibility index (Phi) is 15.8. The van der Waals surface area contributed by atoms with E-state index in [4.69, 9.17) is 0 Å². The van der Waals surface area contributed by atoms with Crippen molar-refractivity contribution in [2.45, 2.75) is 137 Å². The molecule has 0 saturated carbocycles. The van der Waals surface area contributed by atoms with Gasteiger partial charge in [0.25, 0.3) is 0 Å². The molecule has 0 radical (unpaired) electrons. The van der Waals surface area contributed by atoms with Crippen LogP contribution in [0.1, 0.15) is 133 Å². The van der Waals surface area contributed by atoms with E-state index in [1.165, 1.54) is 82.2 Å². The van der Waals surface area contributed by atoms with Crippen LogP contribution in [0.5, 0.6) is 0 Å². The average Bonchev–Trinajstić information content (AvgIpc) is 3.20. The summed E-state index contributed by atoms with van der Waals surface area (Å²) in [6.07, 6.45) is 15.0. The molecule has 0 fully saturated rings. The molecule has 0 aliphatic carbocycles. The second kappa shape index (κ2) is 18.4. The van der Waals surface area contributed by atoms with Crippen LogP contribution in [0.4, 0.5) is 0 Å². The summed E-state index contributed by atoms with van der Waals surface area (Å²) in [6, 6.07) is 14.0. The number of nitrogens with zero attached hydrogens (tertiary/aromatic N) is 2. The Balaban J connectivity index is 0.00000178. The molecule has 2 aromatic rings. The monoisotopic (exact) mass is 586 g/mol. The number of unbranched alkanes of at least 4 members (excludes halogenated alkanes) is 5. The van der Waals surface area contributed by atoms with Gasteiger partial charge in [-0.1, -0.05) is 78.9 Å². The number of hydrogen-bond donors (Lipinski definition) is 0. The zero-order valence-corrected chi connectivity index (χ0v) is 27.9. The van der Waals surface area contributed by atoms with Crippen molar-refractivity contribution < 1.29 is 19.1 Å². The molecule has 40 heavy (non-hydrogen) atoms. The van der Waals surface area contributed by atoms with Crippen LogP contribution >= 0.6 is 0 Å². The van der Waals surface area contributed by atoms with Gasteiger partial charge in [0.05, 0.1) is 0 Å². The van der Waals surface area contributed by atoms with Crippen molar-refractivity contribution in [3.63, 3.8) is 0 Å². The molecule has 0 unspecified atom stereocenters. The van der Waals surface area contributed by atoms with E-state index in [1.54, 1.807) is 14.4 Å². The van der Waals surface area contributed by atoms with E-state index in [0.29, 0.717) is 0 Å². The van der Waals surface area contributed by atoms with E-state index in [0.717, 1.165) is 61.9 Å². The van der Waals surface area contributed by atoms with Crippen molar-refractivity contribution in [2.75, 3.05) is 0 Å². The molecule has 1 heterocycles. The summed E-state index contributed by atoms with van der Waals surface area (Å²) < 4.78 is 1.54. The number of allylic oxidation sites excluding steroid dienone is 2. The standard InChI is InChI=1S/C35H50N2.2CH3.Ni/c1-7-12-15-17-29-20-27(10-4)22-31(24-29)34-26(6)33(19-14-9-3)35(37(34)36)32-23-28(11-5)21-30(25-32)18-16-13-8-2;;;/h20-25H,7-19H2,1-6H3;2*1H3;. The Morgan fingerprint density at radius 3 is 1.43 bits per heavy atom.